The van der Waals surface area contributed by atoms with Gasteiger partial charge in [0.15, 0.2) is 5.15 Å². The summed E-state index contributed by atoms with van der Waals surface area (Å²) in [5, 5.41) is 4.31. The van der Waals surface area contributed by atoms with Crippen molar-refractivity contribution in [2.45, 2.75) is 32.2 Å². The molecule has 2 rings (SSSR count). The number of hydrogen-bond acceptors (Lipinski definition) is 2. The van der Waals surface area contributed by atoms with Crippen molar-refractivity contribution < 1.29 is 0 Å². The van der Waals surface area contributed by atoms with E-state index in [0.717, 1.165) is 11.3 Å². The Balaban J connectivity index is 2.22. The Hall–Kier alpha value is -0.470. The van der Waals surface area contributed by atoms with Crippen LogP contribution in [0, 0.1) is 6.92 Å². The second-order valence-corrected chi connectivity index (χ2v) is 4.45. The molecule has 0 aromatic carbocycles. The Bertz CT molecular complexity index is 325. The zero-order valence-corrected chi connectivity index (χ0v) is 9.49. The fourth-order valence-corrected chi connectivity index (χ4v) is 2.11. The maximum atomic E-state index is 6.00. The maximum absolute atomic E-state index is 6.00. The lowest BCUT2D eigenvalue weighted by Crippen LogP contribution is -2.27. The summed E-state index contributed by atoms with van der Waals surface area (Å²) in [6.07, 6.45) is 3.74. The number of halogens is 2. The van der Waals surface area contributed by atoms with Gasteiger partial charge in [0.05, 0.1) is 5.69 Å². The summed E-state index contributed by atoms with van der Waals surface area (Å²) in [6, 6.07) is 2.39. The van der Waals surface area contributed by atoms with E-state index in [1.807, 2.05) is 13.0 Å². The third-order valence-corrected chi connectivity index (χ3v) is 3.06. The normalized spacial score (nSPS) is 16.5. The summed E-state index contributed by atoms with van der Waals surface area (Å²) in [5.74, 6) is 0. The Kier molecular flexibility index (Phi) is 2.84. The molecule has 1 aromatic rings. The van der Waals surface area contributed by atoms with Gasteiger partial charge in [-0.2, -0.15) is 0 Å². The molecule has 1 aromatic heterocycles. The lowest BCUT2D eigenvalue weighted by Gasteiger charge is -2.28. The highest BCUT2D eigenvalue weighted by molar-refractivity contribution is 6.34. The quantitative estimate of drug-likeness (QED) is 0.785. The minimum atomic E-state index is 0.451. The van der Waals surface area contributed by atoms with Crippen molar-refractivity contribution in [3.05, 3.63) is 21.9 Å². The smallest absolute Gasteiger partial charge is 0.154 e. The Labute approximate surface area is 93.6 Å². The lowest BCUT2D eigenvalue weighted by molar-refractivity contribution is 0.445. The predicted molar refractivity (Wildman–Crippen MR) is 60.3 cm³/mol. The summed E-state index contributed by atoms with van der Waals surface area (Å²) in [7, 11) is 0. The molecule has 0 aliphatic heterocycles. The number of aromatic nitrogens is 1. The SMILES string of the molecule is Cc1cc(Cl)nc(Cl)c1NC1CCC1. The van der Waals surface area contributed by atoms with Crippen LogP contribution in [0.15, 0.2) is 6.07 Å². The minimum Gasteiger partial charge on any atom is -0.380 e. The van der Waals surface area contributed by atoms with Crippen LogP contribution in [-0.4, -0.2) is 11.0 Å². The summed E-state index contributed by atoms with van der Waals surface area (Å²) >= 11 is 11.8. The second kappa shape index (κ2) is 3.95. The monoisotopic (exact) mass is 230 g/mol. The molecule has 1 saturated carbocycles. The Morgan fingerprint density at radius 1 is 1.43 bits per heavy atom. The van der Waals surface area contributed by atoms with E-state index in [0.29, 0.717) is 16.3 Å². The molecular weight excluding hydrogens is 219 g/mol. The number of nitrogens with one attached hydrogen (secondary N) is 1. The van der Waals surface area contributed by atoms with Gasteiger partial charge in [-0.25, -0.2) is 4.98 Å². The first-order valence-corrected chi connectivity index (χ1v) is 5.51. The van der Waals surface area contributed by atoms with Crippen LogP contribution in [0.1, 0.15) is 24.8 Å². The third-order valence-electron chi connectivity index (χ3n) is 2.59. The largest absolute Gasteiger partial charge is 0.380 e. The van der Waals surface area contributed by atoms with Gasteiger partial charge in [-0.3, -0.25) is 0 Å². The highest BCUT2D eigenvalue weighted by atomic mass is 35.5. The van der Waals surface area contributed by atoms with Crippen molar-refractivity contribution in [1.82, 2.24) is 4.98 Å². The van der Waals surface area contributed by atoms with Crippen molar-refractivity contribution in [3.8, 4) is 0 Å². The van der Waals surface area contributed by atoms with Crippen LogP contribution in [0.25, 0.3) is 0 Å². The summed E-state index contributed by atoms with van der Waals surface area (Å²) in [6.45, 7) is 1.99. The van der Waals surface area contributed by atoms with E-state index < -0.39 is 0 Å². The van der Waals surface area contributed by atoms with Crippen molar-refractivity contribution in [3.63, 3.8) is 0 Å². The van der Waals surface area contributed by atoms with Gasteiger partial charge in [0.1, 0.15) is 5.15 Å². The van der Waals surface area contributed by atoms with Gasteiger partial charge < -0.3 is 5.32 Å². The Morgan fingerprint density at radius 3 is 2.64 bits per heavy atom. The highest BCUT2D eigenvalue weighted by Gasteiger charge is 2.19. The van der Waals surface area contributed by atoms with E-state index in [1.165, 1.54) is 19.3 Å². The Morgan fingerprint density at radius 2 is 2.14 bits per heavy atom. The van der Waals surface area contributed by atoms with E-state index >= 15 is 0 Å². The van der Waals surface area contributed by atoms with Crippen molar-refractivity contribution in [1.29, 1.82) is 0 Å². The molecule has 1 fully saturated rings. The first kappa shape index (κ1) is 10.1. The fraction of sp³-hybridized carbons (Fsp3) is 0.500. The number of anilines is 1. The molecule has 1 aliphatic carbocycles. The number of hydrogen-bond donors (Lipinski definition) is 1. The molecular formula is C10H12Cl2N2. The van der Waals surface area contributed by atoms with Crippen LogP contribution in [0.4, 0.5) is 5.69 Å². The fourth-order valence-electron chi connectivity index (χ4n) is 1.53. The van der Waals surface area contributed by atoms with Gasteiger partial charge in [-0.05, 0) is 37.8 Å². The average molecular weight is 231 g/mol. The molecule has 0 bridgehead atoms. The third kappa shape index (κ3) is 1.96. The van der Waals surface area contributed by atoms with E-state index in [4.69, 9.17) is 23.2 Å². The molecule has 0 saturated heterocycles. The molecule has 4 heteroatoms. The maximum Gasteiger partial charge on any atom is 0.154 e. The van der Waals surface area contributed by atoms with Gasteiger partial charge in [-0.15, -0.1) is 0 Å². The first-order valence-electron chi connectivity index (χ1n) is 4.76. The number of rotatable bonds is 2. The van der Waals surface area contributed by atoms with Gasteiger partial charge in [0.2, 0.25) is 0 Å². The minimum absolute atomic E-state index is 0.451. The molecule has 0 radical (unpaired) electrons. The second-order valence-electron chi connectivity index (χ2n) is 3.70. The molecule has 1 heterocycles. The number of nitrogens with zero attached hydrogens (tertiary/aromatic N) is 1. The van der Waals surface area contributed by atoms with Gasteiger partial charge in [-0.1, -0.05) is 23.2 Å². The lowest BCUT2D eigenvalue weighted by atomic mass is 9.93. The molecule has 14 heavy (non-hydrogen) atoms. The molecule has 0 atom stereocenters. The van der Waals surface area contributed by atoms with Gasteiger partial charge >= 0.3 is 0 Å². The van der Waals surface area contributed by atoms with Gasteiger partial charge in [0.25, 0.3) is 0 Å². The zero-order chi connectivity index (χ0) is 10.1. The first-order chi connectivity index (χ1) is 6.66. The molecule has 1 N–H and O–H groups in total. The topological polar surface area (TPSA) is 24.9 Å². The van der Waals surface area contributed by atoms with Crippen LogP contribution in [0.3, 0.4) is 0 Å². The van der Waals surface area contributed by atoms with Crippen LogP contribution in [-0.2, 0) is 0 Å². The van der Waals surface area contributed by atoms with Crippen LogP contribution >= 0.6 is 23.2 Å². The van der Waals surface area contributed by atoms with Gasteiger partial charge in [0, 0.05) is 6.04 Å². The summed E-state index contributed by atoms with van der Waals surface area (Å²) < 4.78 is 0. The van der Waals surface area contributed by atoms with Crippen LogP contribution in [0.2, 0.25) is 10.3 Å². The van der Waals surface area contributed by atoms with Crippen LogP contribution < -0.4 is 5.32 Å². The molecule has 76 valence electrons. The van der Waals surface area contributed by atoms with E-state index in [2.05, 4.69) is 10.3 Å². The number of pyridine rings is 1. The average Bonchev–Trinajstić information content (AvgIpc) is 1.98. The molecule has 1 aliphatic rings. The standard InChI is InChI=1S/C10H12Cl2N2/c1-6-5-8(11)14-10(12)9(6)13-7-3-2-4-7/h5,7,13H,2-4H2,1H3. The number of aryl methyl sites for hydroxylation is 1. The molecule has 2 nitrogen and oxygen atoms in total. The van der Waals surface area contributed by atoms with E-state index in [9.17, 15) is 0 Å². The van der Waals surface area contributed by atoms with E-state index in [1.54, 1.807) is 0 Å². The predicted octanol–water partition coefficient (Wildman–Crippen LogP) is 3.66. The highest BCUT2D eigenvalue weighted by Crippen LogP contribution is 2.30. The van der Waals surface area contributed by atoms with Crippen molar-refractivity contribution in [2.24, 2.45) is 0 Å². The van der Waals surface area contributed by atoms with E-state index in [-0.39, 0.29) is 0 Å². The summed E-state index contributed by atoms with van der Waals surface area (Å²) in [5.41, 5.74) is 1.99. The molecule has 0 spiro atoms. The summed E-state index contributed by atoms with van der Waals surface area (Å²) in [4.78, 5) is 4.01. The zero-order valence-electron chi connectivity index (χ0n) is 7.98. The molecule has 0 unspecified atom stereocenters. The van der Waals surface area contributed by atoms with Crippen molar-refractivity contribution >= 4 is 28.9 Å². The van der Waals surface area contributed by atoms with Crippen molar-refractivity contribution in [2.75, 3.05) is 5.32 Å². The van der Waals surface area contributed by atoms with Crippen LogP contribution in [0.5, 0.6) is 0 Å². The molecule has 0 amide bonds.